The van der Waals surface area contributed by atoms with Gasteiger partial charge in [0.05, 0.1) is 27.4 Å². The summed E-state index contributed by atoms with van der Waals surface area (Å²) in [5, 5.41) is 7.90. The van der Waals surface area contributed by atoms with Crippen LogP contribution in [0.5, 0.6) is 17.2 Å². The van der Waals surface area contributed by atoms with Gasteiger partial charge in [0.2, 0.25) is 5.75 Å². The van der Waals surface area contributed by atoms with E-state index < -0.39 is 5.66 Å². The Balaban J connectivity index is 1.43. The van der Waals surface area contributed by atoms with Crippen molar-refractivity contribution in [2.75, 3.05) is 34.4 Å². The van der Waals surface area contributed by atoms with Crippen LogP contribution < -0.4 is 24.8 Å². The van der Waals surface area contributed by atoms with Gasteiger partial charge in [0.15, 0.2) is 11.5 Å². The average molecular weight is 439 g/mol. The molecule has 2 aliphatic rings. The van der Waals surface area contributed by atoms with Crippen LogP contribution in [0.3, 0.4) is 0 Å². The molecule has 0 saturated carbocycles. The maximum atomic E-state index is 13.2. The van der Waals surface area contributed by atoms with E-state index in [1.54, 1.807) is 17.0 Å². The number of nitrogens with one attached hydrogen (secondary N) is 1. The number of hydrogen-bond acceptors (Lipinski definition) is 6. The van der Waals surface area contributed by atoms with Crippen LogP contribution in [0, 0.1) is 0 Å². The summed E-state index contributed by atoms with van der Waals surface area (Å²) in [5.41, 5.74) is 0.966. The number of piperidine rings is 1. The van der Waals surface area contributed by atoms with Crippen molar-refractivity contribution in [1.82, 2.24) is 15.5 Å². The number of likely N-dealkylation sites (tertiary alicyclic amines) is 1. The Labute approximate surface area is 187 Å². The van der Waals surface area contributed by atoms with Gasteiger partial charge in [-0.25, -0.2) is 5.32 Å². The predicted molar refractivity (Wildman–Crippen MR) is 118 cm³/mol. The number of hydrogen-bond donors (Lipinski definition) is 1. The van der Waals surface area contributed by atoms with Crippen molar-refractivity contribution in [2.45, 2.75) is 31.0 Å². The highest BCUT2D eigenvalue weighted by Gasteiger charge is 2.47. The highest BCUT2D eigenvalue weighted by Crippen LogP contribution is 2.39. The van der Waals surface area contributed by atoms with Crippen molar-refractivity contribution in [3.05, 3.63) is 53.6 Å². The molecule has 1 radical (unpaired) electrons. The molecule has 0 aromatic heterocycles. The molecule has 169 valence electrons. The summed E-state index contributed by atoms with van der Waals surface area (Å²) >= 11 is 0. The van der Waals surface area contributed by atoms with E-state index >= 15 is 0 Å². The van der Waals surface area contributed by atoms with E-state index in [-0.39, 0.29) is 17.9 Å². The van der Waals surface area contributed by atoms with Gasteiger partial charge in [0, 0.05) is 31.5 Å². The molecule has 0 bridgehead atoms. The molecule has 1 atom stereocenters. The number of carbonyl (C=O) groups is 2. The smallest absolute Gasteiger partial charge is 0.260 e. The molecular formula is C24H28N3O5. The first-order chi connectivity index (χ1) is 15.5. The van der Waals surface area contributed by atoms with Crippen molar-refractivity contribution in [3.63, 3.8) is 0 Å². The van der Waals surface area contributed by atoms with Gasteiger partial charge in [-0.05, 0) is 24.1 Å². The van der Waals surface area contributed by atoms with E-state index in [4.69, 9.17) is 14.2 Å². The van der Waals surface area contributed by atoms with Gasteiger partial charge in [-0.1, -0.05) is 30.3 Å². The van der Waals surface area contributed by atoms with Crippen molar-refractivity contribution < 1.29 is 23.8 Å². The summed E-state index contributed by atoms with van der Waals surface area (Å²) in [6.45, 7) is 0.995. The highest BCUT2D eigenvalue weighted by molar-refractivity contribution is 5.96. The molecule has 1 spiro atoms. The Morgan fingerprint density at radius 3 is 2.25 bits per heavy atom. The number of benzene rings is 2. The summed E-state index contributed by atoms with van der Waals surface area (Å²) in [4.78, 5) is 27.5. The molecule has 8 nitrogen and oxygen atoms in total. The molecule has 32 heavy (non-hydrogen) atoms. The van der Waals surface area contributed by atoms with Gasteiger partial charge >= 0.3 is 0 Å². The number of carbonyl (C=O) groups excluding carboxylic acids is 2. The Morgan fingerprint density at radius 2 is 1.69 bits per heavy atom. The second-order valence-electron chi connectivity index (χ2n) is 8.07. The second kappa shape index (κ2) is 9.08. The molecule has 2 aromatic rings. The molecule has 1 N–H and O–H groups in total. The first-order valence-electron chi connectivity index (χ1n) is 10.7. The first kappa shape index (κ1) is 22.0. The SMILES string of the molecule is COc1cc(C(=O)N2CCC3(CC2)[N]C(=O)C(Cc2ccccc2)N3)cc(OC)c1OC. The van der Waals surface area contributed by atoms with E-state index in [9.17, 15) is 9.59 Å². The third-order valence-electron chi connectivity index (χ3n) is 6.14. The molecule has 2 heterocycles. The van der Waals surface area contributed by atoms with Crippen LogP contribution in [0.4, 0.5) is 0 Å². The molecule has 2 saturated heterocycles. The lowest BCUT2D eigenvalue weighted by Crippen LogP contribution is -2.56. The summed E-state index contributed by atoms with van der Waals surface area (Å²) in [7, 11) is 4.56. The van der Waals surface area contributed by atoms with Gasteiger partial charge in [-0.2, -0.15) is 0 Å². The Morgan fingerprint density at radius 1 is 1.06 bits per heavy atom. The Kier molecular flexibility index (Phi) is 6.23. The molecule has 4 rings (SSSR count). The topological polar surface area (TPSA) is 91.2 Å². The minimum absolute atomic E-state index is 0.113. The van der Waals surface area contributed by atoms with Crippen LogP contribution >= 0.6 is 0 Å². The number of rotatable bonds is 6. The summed E-state index contributed by atoms with van der Waals surface area (Å²) in [5.74, 6) is 1.08. The van der Waals surface area contributed by atoms with E-state index in [0.717, 1.165) is 5.56 Å². The zero-order valence-electron chi connectivity index (χ0n) is 18.6. The van der Waals surface area contributed by atoms with Crippen molar-refractivity contribution >= 4 is 11.8 Å². The van der Waals surface area contributed by atoms with E-state index in [1.165, 1.54) is 21.3 Å². The molecule has 0 aliphatic carbocycles. The molecule has 1 unspecified atom stereocenters. The predicted octanol–water partition coefficient (Wildman–Crippen LogP) is 1.99. The van der Waals surface area contributed by atoms with Crippen molar-refractivity contribution in [2.24, 2.45) is 0 Å². The minimum Gasteiger partial charge on any atom is -0.493 e. The number of methoxy groups -OCH3 is 3. The average Bonchev–Trinajstić information content (AvgIpc) is 3.12. The normalized spacial score (nSPS) is 19.5. The molecular weight excluding hydrogens is 410 g/mol. The van der Waals surface area contributed by atoms with Gasteiger partial charge in [-0.15, -0.1) is 0 Å². The lowest BCUT2D eigenvalue weighted by molar-refractivity contribution is -0.121. The molecule has 2 fully saturated rings. The van der Waals surface area contributed by atoms with Gasteiger partial charge < -0.3 is 19.1 Å². The lowest BCUT2D eigenvalue weighted by Gasteiger charge is -2.38. The number of nitrogens with zero attached hydrogens (tertiary/aromatic N) is 2. The maximum Gasteiger partial charge on any atom is 0.260 e. The molecule has 2 aromatic carbocycles. The Hall–Kier alpha value is -3.26. The van der Waals surface area contributed by atoms with Crippen LogP contribution in [0.1, 0.15) is 28.8 Å². The molecule has 8 heteroatoms. The van der Waals surface area contributed by atoms with E-state index in [1.807, 2.05) is 30.3 Å². The van der Waals surface area contributed by atoms with Crippen LogP contribution in [0.2, 0.25) is 0 Å². The first-order valence-corrected chi connectivity index (χ1v) is 10.7. The van der Waals surface area contributed by atoms with E-state index in [0.29, 0.717) is 55.2 Å². The summed E-state index contributed by atoms with van der Waals surface area (Å²) in [6.07, 6.45) is 1.78. The number of ether oxygens (including phenoxy) is 3. The summed E-state index contributed by atoms with van der Waals surface area (Å²) < 4.78 is 16.1. The third-order valence-corrected chi connectivity index (χ3v) is 6.14. The zero-order chi connectivity index (χ0) is 22.7. The standard InChI is InChI=1S/C24H28N3O5/c1-30-19-14-17(15-20(31-2)21(19)32-3)23(29)27-11-9-24(10-12-27)25-18(22(28)26-24)13-16-7-5-4-6-8-16/h4-8,14-15,18,25H,9-13H2,1-3H3. The second-order valence-corrected chi connectivity index (χ2v) is 8.07. The minimum atomic E-state index is -0.595. The fourth-order valence-corrected chi connectivity index (χ4v) is 4.42. The third kappa shape index (κ3) is 4.23. The highest BCUT2D eigenvalue weighted by atomic mass is 16.5. The monoisotopic (exact) mass is 438 g/mol. The zero-order valence-corrected chi connectivity index (χ0v) is 18.6. The van der Waals surface area contributed by atoms with Crippen LogP contribution in [-0.2, 0) is 11.2 Å². The Bertz CT molecular complexity index is 961. The lowest BCUT2D eigenvalue weighted by atomic mass is 9.96. The molecule has 2 aliphatic heterocycles. The maximum absolute atomic E-state index is 13.2. The van der Waals surface area contributed by atoms with Crippen molar-refractivity contribution in [3.8, 4) is 17.2 Å². The fourth-order valence-electron chi connectivity index (χ4n) is 4.42. The van der Waals surface area contributed by atoms with Crippen LogP contribution in [0.15, 0.2) is 42.5 Å². The van der Waals surface area contributed by atoms with Crippen LogP contribution in [0.25, 0.3) is 0 Å². The summed E-state index contributed by atoms with van der Waals surface area (Å²) in [6, 6.07) is 12.9. The van der Waals surface area contributed by atoms with Crippen molar-refractivity contribution in [1.29, 1.82) is 0 Å². The van der Waals surface area contributed by atoms with Gasteiger partial charge in [0.1, 0.15) is 5.66 Å². The van der Waals surface area contributed by atoms with Crippen LogP contribution in [-0.4, -0.2) is 62.8 Å². The van der Waals surface area contributed by atoms with Gasteiger partial charge in [-0.3, -0.25) is 14.9 Å². The molecule has 2 amide bonds. The fraction of sp³-hybridized carbons (Fsp3) is 0.417. The largest absolute Gasteiger partial charge is 0.493 e. The van der Waals surface area contributed by atoms with E-state index in [2.05, 4.69) is 10.6 Å². The van der Waals surface area contributed by atoms with Gasteiger partial charge in [0.25, 0.3) is 11.8 Å². The number of amides is 2. The quantitative estimate of drug-likeness (QED) is 0.742.